The fraction of sp³-hybridized carbons (Fsp3) is 0.500. The number of hydrogen-bond donors (Lipinski definition) is 2. The minimum Gasteiger partial charge on any atom is -0.387 e. The van der Waals surface area contributed by atoms with E-state index in [-0.39, 0.29) is 0 Å². The van der Waals surface area contributed by atoms with E-state index in [0.29, 0.717) is 18.3 Å². The van der Waals surface area contributed by atoms with Crippen LogP contribution in [0.4, 0.5) is 0 Å². The molecule has 1 saturated carbocycles. The molecular weight excluding hydrogens is 276 g/mol. The van der Waals surface area contributed by atoms with Gasteiger partial charge in [-0.25, -0.2) is 4.98 Å². The van der Waals surface area contributed by atoms with Gasteiger partial charge in [0.05, 0.1) is 12.6 Å². The Morgan fingerprint density at radius 1 is 1.09 bits per heavy atom. The Morgan fingerprint density at radius 2 is 1.82 bits per heavy atom. The normalized spacial score (nSPS) is 19.0. The van der Waals surface area contributed by atoms with Crippen molar-refractivity contribution in [2.45, 2.75) is 50.9 Å². The largest absolute Gasteiger partial charge is 0.387 e. The molecule has 2 N–H and O–H groups in total. The third-order valence-electron chi connectivity index (χ3n) is 4.66. The molecule has 0 radical (unpaired) electrons. The minimum absolute atomic E-state index is 0.295. The molecule has 1 fully saturated rings. The second-order valence-corrected chi connectivity index (χ2v) is 6.21. The summed E-state index contributed by atoms with van der Waals surface area (Å²) in [6.45, 7) is 0.420. The SMILES string of the molecule is OC(Cn1ccnc1C(O)C1CCCCC1)c1ccccc1. The van der Waals surface area contributed by atoms with E-state index in [4.69, 9.17) is 0 Å². The molecule has 0 saturated heterocycles. The van der Waals surface area contributed by atoms with Gasteiger partial charge in [-0.05, 0) is 24.3 Å². The molecule has 2 aromatic rings. The zero-order valence-corrected chi connectivity index (χ0v) is 12.8. The van der Waals surface area contributed by atoms with Crippen LogP contribution in [-0.4, -0.2) is 19.8 Å². The molecular formula is C18H24N2O2. The summed E-state index contributed by atoms with van der Waals surface area (Å²) in [7, 11) is 0. The van der Waals surface area contributed by atoms with E-state index >= 15 is 0 Å². The fourth-order valence-corrected chi connectivity index (χ4v) is 3.37. The van der Waals surface area contributed by atoms with Gasteiger partial charge in [0, 0.05) is 12.4 Å². The summed E-state index contributed by atoms with van der Waals surface area (Å²) in [5.41, 5.74) is 0.884. The van der Waals surface area contributed by atoms with E-state index in [9.17, 15) is 10.2 Å². The molecule has 4 heteroatoms. The maximum atomic E-state index is 10.6. The van der Waals surface area contributed by atoms with Crippen molar-refractivity contribution in [3.8, 4) is 0 Å². The standard InChI is InChI=1S/C18H24N2O2/c21-16(14-7-3-1-4-8-14)13-20-12-11-19-18(20)17(22)15-9-5-2-6-10-15/h1,3-4,7-8,11-12,15-17,21-22H,2,5-6,9-10,13H2. The van der Waals surface area contributed by atoms with Crippen LogP contribution >= 0.6 is 0 Å². The number of nitrogens with zero attached hydrogens (tertiary/aromatic N) is 2. The summed E-state index contributed by atoms with van der Waals surface area (Å²) >= 11 is 0. The second kappa shape index (κ2) is 7.07. The summed E-state index contributed by atoms with van der Waals surface area (Å²) < 4.78 is 1.89. The Labute approximate surface area is 131 Å². The van der Waals surface area contributed by atoms with Crippen molar-refractivity contribution >= 4 is 0 Å². The van der Waals surface area contributed by atoms with Crippen LogP contribution < -0.4 is 0 Å². The van der Waals surface area contributed by atoms with Crippen molar-refractivity contribution in [3.05, 3.63) is 54.1 Å². The van der Waals surface area contributed by atoms with Crippen molar-refractivity contribution in [2.75, 3.05) is 0 Å². The molecule has 1 aliphatic carbocycles. The van der Waals surface area contributed by atoms with Crippen LogP contribution in [0.5, 0.6) is 0 Å². The molecule has 3 rings (SSSR count). The minimum atomic E-state index is -0.590. The van der Waals surface area contributed by atoms with Gasteiger partial charge in [0.1, 0.15) is 11.9 Å². The number of aromatic nitrogens is 2. The number of aliphatic hydroxyl groups excluding tert-OH is 2. The average Bonchev–Trinajstić information content (AvgIpc) is 3.04. The van der Waals surface area contributed by atoms with E-state index in [1.165, 1.54) is 19.3 Å². The zero-order valence-electron chi connectivity index (χ0n) is 12.8. The number of rotatable bonds is 5. The summed E-state index contributed by atoms with van der Waals surface area (Å²) in [5.74, 6) is 0.977. The van der Waals surface area contributed by atoms with Crippen LogP contribution in [0.25, 0.3) is 0 Å². The van der Waals surface area contributed by atoms with Crippen molar-refractivity contribution in [1.29, 1.82) is 0 Å². The predicted molar refractivity (Wildman–Crippen MR) is 85.2 cm³/mol. The second-order valence-electron chi connectivity index (χ2n) is 6.21. The average molecular weight is 300 g/mol. The first kappa shape index (κ1) is 15.3. The first-order chi connectivity index (χ1) is 10.8. The van der Waals surface area contributed by atoms with Crippen LogP contribution in [0.2, 0.25) is 0 Å². The van der Waals surface area contributed by atoms with Crippen LogP contribution in [0.3, 0.4) is 0 Å². The van der Waals surface area contributed by atoms with Crippen LogP contribution in [-0.2, 0) is 6.54 Å². The maximum absolute atomic E-state index is 10.6. The lowest BCUT2D eigenvalue weighted by Crippen LogP contribution is -2.21. The highest BCUT2D eigenvalue weighted by molar-refractivity contribution is 5.17. The monoisotopic (exact) mass is 300 g/mol. The Kier molecular flexibility index (Phi) is 4.90. The summed E-state index contributed by atoms with van der Waals surface area (Å²) in [5, 5.41) is 21.0. The lowest BCUT2D eigenvalue weighted by molar-refractivity contribution is 0.0699. The van der Waals surface area contributed by atoms with E-state index < -0.39 is 12.2 Å². The third-order valence-corrected chi connectivity index (χ3v) is 4.66. The van der Waals surface area contributed by atoms with E-state index in [1.54, 1.807) is 6.20 Å². The van der Waals surface area contributed by atoms with Gasteiger partial charge in [-0.15, -0.1) is 0 Å². The van der Waals surface area contributed by atoms with Crippen molar-refractivity contribution in [2.24, 2.45) is 5.92 Å². The highest BCUT2D eigenvalue weighted by Gasteiger charge is 2.26. The number of hydrogen-bond acceptors (Lipinski definition) is 3. The highest BCUT2D eigenvalue weighted by Crippen LogP contribution is 2.34. The molecule has 22 heavy (non-hydrogen) atoms. The Bertz CT molecular complexity index is 576. The molecule has 1 aliphatic rings. The van der Waals surface area contributed by atoms with E-state index in [1.807, 2.05) is 41.1 Å². The number of imidazole rings is 1. The maximum Gasteiger partial charge on any atom is 0.138 e. The molecule has 118 valence electrons. The van der Waals surface area contributed by atoms with Crippen LogP contribution in [0, 0.1) is 5.92 Å². The Balaban J connectivity index is 1.71. The quantitative estimate of drug-likeness (QED) is 0.891. The fourth-order valence-electron chi connectivity index (χ4n) is 3.37. The molecule has 0 bridgehead atoms. The predicted octanol–water partition coefficient (Wildman–Crippen LogP) is 3.23. The lowest BCUT2D eigenvalue weighted by Gasteiger charge is -2.27. The molecule has 0 aliphatic heterocycles. The molecule has 1 aromatic heterocycles. The van der Waals surface area contributed by atoms with Gasteiger partial charge >= 0.3 is 0 Å². The first-order valence-corrected chi connectivity index (χ1v) is 8.18. The molecule has 0 spiro atoms. The number of aliphatic hydroxyl groups is 2. The van der Waals surface area contributed by atoms with Gasteiger partial charge < -0.3 is 14.8 Å². The van der Waals surface area contributed by atoms with Gasteiger partial charge in [-0.2, -0.15) is 0 Å². The smallest absolute Gasteiger partial charge is 0.138 e. The molecule has 2 atom stereocenters. The van der Waals surface area contributed by atoms with Crippen molar-refractivity contribution in [3.63, 3.8) is 0 Å². The highest BCUT2D eigenvalue weighted by atomic mass is 16.3. The topological polar surface area (TPSA) is 58.3 Å². The van der Waals surface area contributed by atoms with Crippen molar-refractivity contribution in [1.82, 2.24) is 9.55 Å². The zero-order chi connectivity index (χ0) is 15.4. The molecule has 1 heterocycles. The summed E-state index contributed by atoms with van der Waals surface area (Å²) in [6.07, 6.45) is 8.21. The van der Waals surface area contributed by atoms with Crippen LogP contribution in [0.15, 0.2) is 42.7 Å². The van der Waals surface area contributed by atoms with Gasteiger partial charge in [0.2, 0.25) is 0 Å². The summed E-state index contributed by atoms with van der Waals surface area (Å²) in [4.78, 5) is 4.34. The summed E-state index contributed by atoms with van der Waals surface area (Å²) in [6, 6.07) is 9.61. The van der Waals surface area contributed by atoms with E-state index in [2.05, 4.69) is 4.98 Å². The van der Waals surface area contributed by atoms with Gasteiger partial charge in [0.15, 0.2) is 0 Å². The van der Waals surface area contributed by atoms with E-state index in [0.717, 1.165) is 18.4 Å². The number of benzene rings is 1. The van der Waals surface area contributed by atoms with Gasteiger partial charge in [-0.3, -0.25) is 0 Å². The van der Waals surface area contributed by atoms with Gasteiger partial charge in [-0.1, -0.05) is 49.6 Å². The lowest BCUT2D eigenvalue weighted by atomic mass is 9.85. The Morgan fingerprint density at radius 3 is 2.55 bits per heavy atom. The van der Waals surface area contributed by atoms with Crippen LogP contribution in [0.1, 0.15) is 55.7 Å². The first-order valence-electron chi connectivity index (χ1n) is 8.18. The molecule has 0 amide bonds. The Hall–Kier alpha value is -1.65. The van der Waals surface area contributed by atoms with Gasteiger partial charge in [0.25, 0.3) is 0 Å². The molecule has 1 aromatic carbocycles. The van der Waals surface area contributed by atoms with Crippen molar-refractivity contribution < 1.29 is 10.2 Å². The molecule has 4 nitrogen and oxygen atoms in total. The third kappa shape index (κ3) is 3.39. The molecule has 2 unspecified atom stereocenters.